The fourth-order valence-electron chi connectivity index (χ4n) is 4.14. The van der Waals surface area contributed by atoms with Gasteiger partial charge in [0.05, 0.1) is 16.0 Å². The number of rotatable bonds is 6. The number of nitrogens with one attached hydrogen (secondary N) is 1. The molecule has 7 nitrogen and oxygen atoms in total. The molecule has 0 saturated carbocycles. The van der Waals surface area contributed by atoms with Crippen molar-refractivity contribution < 1.29 is 31.5 Å². The second-order valence-electron chi connectivity index (χ2n) is 9.03. The maximum absolute atomic E-state index is 13.3. The number of pyridine rings is 1. The van der Waals surface area contributed by atoms with Gasteiger partial charge in [-0.2, -0.15) is 17.9 Å². The van der Waals surface area contributed by atoms with Crippen molar-refractivity contribution in [1.29, 1.82) is 0 Å². The van der Waals surface area contributed by atoms with Crippen LogP contribution in [0.5, 0.6) is 5.75 Å². The minimum atomic E-state index is -4.54. The summed E-state index contributed by atoms with van der Waals surface area (Å²) in [4.78, 5) is 4.20. The predicted octanol–water partition coefficient (Wildman–Crippen LogP) is 5.39. The second-order valence-corrected chi connectivity index (χ2v) is 11.9. The highest BCUT2D eigenvalue weighted by Gasteiger charge is 2.39. The van der Waals surface area contributed by atoms with Crippen LogP contribution < -0.4 is 10.1 Å². The van der Waals surface area contributed by atoms with E-state index in [9.17, 15) is 26.8 Å². The molecule has 0 amide bonds. The van der Waals surface area contributed by atoms with Crippen molar-refractivity contribution in [3.8, 4) is 17.1 Å². The Morgan fingerprint density at radius 1 is 1.17 bits per heavy atom. The van der Waals surface area contributed by atoms with Crippen LogP contribution >= 0.6 is 0 Å². The number of alkyl halides is 3. The molecule has 3 aliphatic heterocycles. The number of hydrogen-bond donors (Lipinski definition) is 2. The van der Waals surface area contributed by atoms with Crippen LogP contribution in [0, 0.1) is 6.92 Å². The summed E-state index contributed by atoms with van der Waals surface area (Å²) in [6, 6.07) is 7.89. The van der Waals surface area contributed by atoms with Crippen LogP contribution in [-0.4, -0.2) is 33.8 Å². The summed E-state index contributed by atoms with van der Waals surface area (Å²) >= 11 is 0. The van der Waals surface area contributed by atoms with Gasteiger partial charge in [0.1, 0.15) is 5.75 Å². The van der Waals surface area contributed by atoms with Crippen molar-refractivity contribution in [2.24, 2.45) is 0 Å². The van der Waals surface area contributed by atoms with Crippen LogP contribution in [0.25, 0.3) is 17.0 Å². The van der Waals surface area contributed by atoms with E-state index < -0.39 is 26.3 Å². The molecule has 1 aromatic carbocycles. The number of aryl methyl sites for hydroxylation is 1. The number of halogens is 3. The van der Waals surface area contributed by atoms with E-state index >= 15 is 0 Å². The summed E-state index contributed by atoms with van der Waals surface area (Å²) in [5.41, 5.74) is 1.85. The molecule has 36 heavy (non-hydrogen) atoms. The summed E-state index contributed by atoms with van der Waals surface area (Å²) in [5.74, 6) is 0.340. The van der Waals surface area contributed by atoms with Crippen LogP contribution in [-0.2, 0) is 16.0 Å². The highest BCUT2D eigenvalue weighted by Crippen LogP contribution is 2.41. The number of nitrogens with zero attached hydrogens (tertiary/aromatic N) is 2. The third-order valence-electron chi connectivity index (χ3n) is 6.51. The van der Waals surface area contributed by atoms with Gasteiger partial charge in [0, 0.05) is 35.7 Å². The highest BCUT2D eigenvalue weighted by molar-refractivity contribution is 7.92. The predicted molar refractivity (Wildman–Crippen MR) is 129 cm³/mol. The van der Waals surface area contributed by atoms with Crippen molar-refractivity contribution in [3.63, 3.8) is 0 Å². The summed E-state index contributed by atoms with van der Waals surface area (Å²) in [6.45, 7) is 6.48. The molecule has 4 rings (SSSR count). The first-order chi connectivity index (χ1) is 16.8. The van der Waals surface area contributed by atoms with E-state index in [0.717, 1.165) is 16.9 Å². The molecule has 3 heterocycles. The Morgan fingerprint density at radius 3 is 2.56 bits per heavy atom. The van der Waals surface area contributed by atoms with E-state index in [1.54, 1.807) is 39.8 Å². The number of hydrogen-bond acceptors (Lipinski definition) is 6. The topological polar surface area (TPSA) is 93.5 Å². The van der Waals surface area contributed by atoms with Gasteiger partial charge in [-0.3, -0.25) is 0 Å². The molecule has 0 aliphatic carbocycles. The fraction of sp³-hybridized carbons (Fsp3) is 0.320. The van der Waals surface area contributed by atoms with Crippen LogP contribution in [0.1, 0.15) is 44.0 Å². The van der Waals surface area contributed by atoms with Crippen molar-refractivity contribution >= 4 is 15.4 Å². The Kier molecular flexibility index (Phi) is 6.32. The zero-order valence-corrected chi connectivity index (χ0v) is 21.0. The zero-order valence-electron chi connectivity index (χ0n) is 20.1. The minimum Gasteiger partial charge on any atom is -0.441 e. The second kappa shape index (κ2) is 8.88. The smallest absolute Gasteiger partial charge is 0.416 e. The SMILES string of the molecule is CCS(=O)(=O)C(C)(C)C1=CNC(Oc2cccc(C(F)(F)F)c2)=C(c2cc(C)n(O)c3nccc2-3)C1. The van der Waals surface area contributed by atoms with E-state index in [1.165, 1.54) is 24.5 Å². The molecule has 1 aromatic rings. The maximum Gasteiger partial charge on any atom is 0.416 e. The Bertz CT molecular complexity index is 1450. The summed E-state index contributed by atoms with van der Waals surface area (Å²) in [6.07, 6.45) is -1.35. The van der Waals surface area contributed by atoms with Gasteiger partial charge in [0.15, 0.2) is 15.7 Å². The van der Waals surface area contributed by atoms with Gasteiger partial charge < -0.3 is 15.3 Å². The Balaban J connectivity index is 1.86. The maximum atomic E-state index is 13.3. The Morgan fingerprint density at radius 2 is 1.89 bits per heavy atom. The Labute approximate surface area is 207 Å². The van der Waals surface area contributed by atoms with Crippen molar-refractivity contribution in [1.82, 2.24) is 15.0 Å². The third kappa shape index (κ3) is 4.43. The molecule has 11 heteroatoms. The van der Waals surface area contributed by atoms with E-state index in [0.29, 0.717) is 28.0 Å². The van der Waals surface area contributed by atoms with Crippen LogP contribution in [0.3, 0.4) is 0 Å². The first-order valence-electron chi connectivity index (χ1n) is 11.2. The average molecular weight is 522 g/mol. The first kappa shape index (κ1) is 25.6. The first-order valence-corrected chi connectivity index (χ1v) is 12.8. The van der Waals surface area contributed by atoms with Gasteiger partial charge in [-0.05, 0) is 62.2 Å². The molecular formula is C25H26F3N3O4S. The lowest BCUT2D eigenvalue weighted by molar-refractivity contribution is -0.137. The molecule has 192 valence electrons. The van der Waals surface area contributed by atoms with Gasteiger partial charge in [0.2, 0.25) is 5.88 Å². The number of sulfone groups is 1. The number of fused-ring (bicyclic) bond motifs is 1. The largest absolute Gasteiger partial charge is 0.441 e. The van der Waals surface area contributed by atoms with Crippen LogP contribution in [0.2, 0.25) is 0 Å². The Hall–Kier alpha value is -3.47. The molecule has 0 radical (unpaired) electrons. The average Bonchev–Trinajstić information content (AvgIpc) is 3.31. The molecule has 0 bridgehead atoms. The summed E-state index contributed by atoms with van der Waals surface area (Å²) < 4.78 is 71.1. The normalized spacial score (nSPS) is 15.1. The molecule has 2 N–H and O–H groups in total. The molecular weight excluding hydrogens is 495 g/mol. The lowest BCUT2D eigenvalue weighted by atomic mass is 9.88. The molecule has 0 fully saturated rings. The van der Waals surface area contributed by atoms with E-state index in [1.807, 2.05) is 0 Å². The van der Waals surface area contributed by atoms with Crippen molar-refractivity contribution in [2.45, 2.75) is 45.0 Å². The molecule has 0 atom stereocenters. The quantitative estimate of drug-likeness (QED) is 0.423. The lowest BCUT2D eigenvalue weighted by Gasteiger charge is -2.32. The third-order valence-corrected chi connectivity index (χ3v) is 9.09. The van der Waals surface area contributed by atoms with Gasteiger partial charge in [0.25, 0.3) is 0 Å². The van der Waals surface area contributed by atoms with Crippen LogP contribution in [0.15, 0.2) is 60.3 Å². The van der Waals surface area contributed by atoms with Crippen molar-refractivity contribution in [3.05, 3.63) is 77.1 Å². The number of aromatic nitrogens is 2. The molecule has 3 aliphatic rings. The van der Waals surface area contributed by atoms with Gasteiger partial charge >= 0.3 is 6.18 Å². The van der Waals surface area contributed by atoms with E-state index in [-0.39, 0.29) is 29.6 Å². The fourth-order valence-corrected chi connectivity index (χ4v) is 5.39. The molecule has 0 aromatic heterocycles. The van der Waals surface area contributed by atoms with Crippen LogP contribution in [0.4, 0.5) is 13.2 Å². The summed E-state index contributed by atoms with van der Waals surface area (Å²) in [5, 5.41) is 13.4. The number of allylic oxidation sites excluding steroid dienone is 1. The lowest BCUT2D eigenvalue weighted by Crippen LogP contribution is -2.38. The molecule has 0 saturated heterocycles. The standard InChI is InChI=1S/C25H26F3N3O4S/c1-5-36(33,34)24(3,4)17-13-21(20-11-15(2)31(32)22-19(20)9-10-29-22)23(30-14-17)35-18-8-6-7-16(12-18)25(26,27)28/h6-12,14,30,32H,5,13H2,1-4H3. The number of ether oxygens (including phenoxy) is 1. The molecule has 0 spiro atoms. The van der Waals surface area contributed by atoms with Gasteiger partial charge in [-0.1, -0.05) is 13.0 Å². The zero-order chi connectivity index (χ0) is 26.5. The van der Waals surface area contributed by atoms with Gasteiger partial charge in [-0.25, -0.2) is 13.4 Å². The summed E-state index contributed by atoms with van der Waals surface area (Å²) in [7, 11) is -3.50. The molecule has 0 unspecified atom stereocenters. The van der Waals surface area contributed by atoms with E-state index in [2.05, 4.69) is 10.3 Å². The highest BCUT2D eigenvalue weighted by atomic mass is 32.2. The monoisotopic (exact) mass is 521 g/mol. The number of dihydropyridines is 1. The number of benzene rings is 1. The van der Waals surface area contributed by atoms with Crippen molar-refractivity contribution in [2.75, 3.05) is 5.75 Å². The van der Waals surface area contributed by atoms with E-state index in [4.69, 9.17) is 4.74 Å². The minimum absolute atomic E-state index is 0.0381. The van der Waals surface area contributed by atoms with Gasteiger partial charge in [-0.15, -0.1) is 0 Å².